The van der Waals surface area contributed by atoms with Crippen molar-refractivity contribution < 1.29 is 36.2 Å². The Kier molecular flexibility index (Phi) is 6.73. The third-order valence-electron chi connectivity index (χ3n) is 5.72. The van der Waals surface area contributed by atoms with Crippen LogP contribution in [0.4, 0.5) is 42.8 Å². The summed E-state index contributed by atoms with van der Waals surface area (Å²) < 4.78 is 80.5. The zero-order valence-corrected chi connectivity index (χ0v) is 18.9. The predicted octanol–water partition coefficient (Wildman–Crippen LogP) is 5.92. The standard InChI is InChI=1S/C21H17ClF6N6O2/c22-14-3-4-15-16(2-1-5-33(19(35)36)17(15)9-14)34(18-29-31-32-30-18)10-11-6-12(20(23,24)25)8-13(7-11)21(26,27)28/h3-4,6-9,16H,1-2,5,10H2,(H,35,36)(H,29,30,31,32). The van der Waals surface area contributed by atoms with Crippen molar-refractivity contribution in [3.8, 4) is 0 Å². The Morgan fingerprint density at radius 2 is 1.78 bits per heavy atom. The van der Waals surface area contributed by atoms with Crippen molar-refractivity contribution in [1.82, 2.24) is 20.6 Å². The molecule has 0 fully saturated rings. The van der Waals surface area contributed by atoms with Gasteiger partial charge in [-0.05, 0) is 64.7 Å². The Balaban J connectivity index is 1.83. The van der Waals surface area contributed by atoms with E-state index < -0.39 is 42.2 Å². The van der Waals surface area contributed by atoms with Crippen LogP contribution in [-0.2, 0) is 18.9 Å². The molecule has 0 radical (unpaired) electrons. The van der Waals surface area contributed by atoms with Crippen LogP contribution in [0.1, 0.15) is 41.1 Å². The monoisotopic (exact) mass is 534 g/mol. The van der Waals surface area contributed by atoms with Gasteiger partial charge in [0.05, 0.1) is 22.9 Å². The summed E-state index contributed by atoms with van der Waals surface area (Å²) in [4.78, 5) is 14.4. The number of H-pyrrole nitrogens is 1. The second-order valence-corrected chi connectivity index (χ2v) is 8.50. The number of nitrogens with zero attached hydrogens (tertiary/aromatic N) is 5. The predicted molar refractivity (Wildman–Crippen MR) is 116 cm³/mol. The van der Waals surface area contributed by atoms with E-state index in [0.29, 0.717) is 30.5 Å². The van der Waals surface area contributed by atoms with Gasteiger partial charge in [-0.2, -0.15) is 26.3 Å². The van der Waals surface area contributed by atoms with E-state index >= 15 is 0 Å². The summed E-state index contributed by atoms with van der Waals surface area (Å²) in [7, 11) is 0. The van der Waals surface area contributed by atoms with Gasteiger partial charge in [-0.15, -0.1) is 0 Å². The molecule has 0 saturated heterocycles. The largest absolute Gasteiger partial charge is 0.465 e. The Hall–Kier alpha value is -3.55. The van der Waals surface area contributed by atoms with Crippen LogP contribution < -0.4 is 9.80 Å². The van der Waals surface area contributed by atoms with E-state index in [9.17, 15) is 36.2 Å². The van der Waals surface area contributed by atoms with Crippen molar-refractivity contribution in [3.63, 3.8) is 0 Å². The van der Waals surface area contributed by atoms with Crippen LogP contribution in [0.25, 0.3) is 0 Å². The van der Waals surface area contributed by atoms with Gasteiger partial charge in [-0.25, -0.2) is 9.89 Å². The van der Waals surface area contributed by atoms with Crippen LogP contribution in [-0.4, -0.2) is 38.4 Å². The lowest BCUT2D eigenvalue weighted by Gasteiger charge is -2.32. The number of anilines is 2. The summed E-state index contributed by atoms with van der Waals surface area (Å²) in [6.07, 6.45) is -10.6. The highest BCUT2D eigenvalue weighted by Gasteiger charge is 2.38. The first-order chi connectivity index (χ1) is 16.8. The van der Waals surface area contributed by atoms with Gasteiger partial charge in [0.15, 0.2) is 0 Å². The van der Waals surface area contributed by atoms with Gasteiger partial charge in [0, 0.05) is 18.1 Å². The zero-order chi connectivity index (χ0) is 26.3. The fraction of sp³-hybridized carbons (Fsp3) is 0.333. The number of carboxylic acid groups (broad SMARTS) is 1. The molecule has 2 heterocycles. The lowest BCUT2D eigenvalue weighted by molar-refractivity contribution is -0.143. The maximum atomic E-state index is 13.4. The van der Waals surface area contributed by atoms with Gasteiger partial charge in [0.1, 0.15) is 0 Å². The number of fused-ring (bicyclic) bond motifs is 1. The summed E-state index contributed by atoms with van der Waals surface area (Å²) in [5.41, 5.74) is -2.50. The van der Waals surface area contributed by atoms with E-state index in [2.05, 4.69) is 20.6 Å². The SMILES string of the molecule is O=C(O)N1CCCC(N(Cc2cc(C(F)(F)F)cc(C(F)(F)F)c2)c2nnn[nH]2)c2ccc(Cl)cc21. The third-order valence-corrected chi connectivity index (χ3v) is 5.95. The number of aromatic amines is 1. The average Bonchev–Trinajstić information content (AvgIpc) is 3.25. The Bertz CT molecular complexity index is 1220. The van der Waals surface area contributed by atoms with Crippen LogP contribution >= 0.6 is 11.6 Å². The van der Waals surface area contributed by atoms with E-state index in [-0.39, 0.29) is 34.8 Å². The maximum absolute atomic E-state index is 13.4. The quantitative estimate of drug-likeness (QED) is 0.403. The van der Waals surface area contributed by atoms with E-state index in [4.69, 9.17) is 11.6 Å². The maximum Gasteiger partial charge on any atom is 0.416 e. The molecule has 3 aromatic rings. The number of benzene rings is 2. The molecular formula is C21H17ClF6N6O2. The molecule has 0 saturated carbocycles. The molecule has 1 unspecified atom stereocenters. The molecule has 1 aliphatic heterocycles. The number of carbonyl (C=O) groups is 1. The van der Waals surface area contributed by atoms with Crippen molar-refractivity contribution in [2.45, 2.75) is 37.8 Å². The number of aromatic nitrogens is 4. The summed E-state index contributed by atoms with van der Waals surface area (Å²) in [6, 6.07) is 5.13. The summed E-state index contributed by atoms with van der Waals surface area (Å²) in [5, 5.41) is 23.2. The van der Waals surface area contributed by atoms with Crippen molar-refractivity contribution in [3.05, 3.63) is 63.7 Å². The number of tetrazole rings is 1. The minimum atomic E-state index is -5.01. The minimum absolute atomic E-state index is 0.0179. The van der Waals surface area contributed by atoms with Crippen molar-refractivity contribution in [1.29, 1.82) is 0 Å². The average molecular weight is 535 g/mol. The smallest absolute Gasteiger partial charge is 0.416 e. The highest BCUT2D eigenvalue weighted by Crippen LogP contribution is 2.41. The topological polar surface area (TPSA) is 98.2 Å². The molecular weight excluding hydrogens is 518 g/mol. The van der Waals surface area contributed by atoms with Crippen molar-refractivity contribution in [2.24, 2.45) is 0 Å². The van der Waals surface area contributed by atoms with Crippen molar-refractivity contribution >= 4 is 29.3 Å². The van der Waals surface area contributed by atoms with E-state index in [0.717, 1.165) is 4.90 Å². The molecule has 2 N–H and O–H groups in total. The van der Waals surface area contributed by atoms with E-state index in [1.807, 2.05) is 0 Å². The molecule has 0 aliphatic carbocycles. The van der Waals surface area contributed by atoms with Gasteiger partial charge in [0.25, 0.3) is 0 Å². The molecule has 36 heavy (non-hydrogen) atoms. The highest BCUT2D eigenvalue weighted by molar-refractivity contribution is 6.31. The first-order valence-corrected chi connectivity index (χ1v) is 10.8. The molecule has 0 spiro atoms. The summed E-state index contributed by atoms with van der Waals surface area (Å²) in [5.74, 6) is -0.0179. The van der Waals surface area contributed by atoms with Gasteiger partial charge in [-0.3, -0.25) is 4.90 Å². The number of halogens is 7. The molecule has 1 atom stereocenters. The molecule has 8 nitrogen and oxygen atoms in total. The van der Waals surface area contributed by atoms with Crippen LogP contribution in [0, 0.1) is 0 Å². The molecule has 4 rings (SSSR count). The number of alkyl halides is 6. The number of hydrogen-bond donors (Lipinski definition) is 2. The van der Waals surface area contributed by atoms with Gasteiger partial charge < -0.3 is 10.0 Å². The van der Waals surface area contributed by atoms with Crippen LogP contribution in [0.3, 0.4) is 0 Å². The van der Waals surface area contributed by atoms with E-state index in [1.54, 1.807) is 6.07 Å². The third kappa shape index (κ3) is 5.32. The Morgan fingerprint density at radius 1 is 1.11 bits per heavy atom. The van der Waals surface area contributed by atoms with Crippen molar-refractivity contribution in [2.75, 3.05) is 16.3 Å². The van der Waals surface area contributed by atoms with Crippen LogP contribution in [0.2, 0.25) is 5.02 Å². The second-order valence-electron chi connectivity index (χ2n) is 8.06. The first kappa shape index (κ1) is 25.5. The van der Waals surface area contributed by atoms with E-state index in [1.165, 1.54) is 17.0 Å². The zero-order valence-electron chi connectivity index (χ0n) is 18.1. The number of nitrogens with one attached hydrogen (secondary N) is 1. The lowest BCUT2D eigenvalue weighted by atomic mass is 9.98. The molecule has 1 aliphatic rings. The van der Waals surface area contributed by atoms with Gasteiger partial charge >= 0.3 is 18.4 Å². The Morgan fingerprint density at radius 3 is 2.33 bits per heavy atom. The van der Waals surface area contributed by atoms with Gasteiger partial charge in [0.2, 0.25) is 5.95 Å². The summed E-state index contributed by atoms with van der Waals surface area (Å²) >= 11 is 6.09. The molecule has 1 amide bonds. The number of amides is 1. The lowest BCUT2D eigenvalue weighted by Crippen LogP contribution is -2.31. The molecule has 0 bridgehead atoms. The summed E-state index contributed by atoms with van der Waals surface area (Å²) in [6.45, 7) is -0.340. The normalized spacial score (nSPS) is 16.4. The Labute approximate surface area is 204 Å². The fourth-order valence-corrected chi connectivity index (χ4v) is 4.36. The fourth-order valence-electron chi connectivity index (χ4n) is 4.19. The highest BCUT2D eigenvalue weighted by atomic mass is 35.5. The molecule has 2 aromatic carbocycles. The molecule has 1 aromatic heterocycles. The molecule has 192 valence electrons. The number of hydrogen-bond acceptors (Lipinski definition) is 5. The van der Waals surface area contributed by atoms with Crippen LogP contribution in [0.5, 0.6) is 0 Å². The van der Waals surface area contributed by atoms with Gasteiger partial charge in [-0.1, -0.05) is 22.8 Å². The van der Waals surface area contributed by atoms with Crippen LogP contribution in [0.15, 0.2) is 36.4 Å². The minimum Gasteiger partial charge on any atom is -0.465 e. The first-order valence-electron chi connectivity index (χ1n) is 10.4. The molecule has 15 heteroatoms. The number of rotatable bonds is 4. The second kappa shape index (κ2) is 9.48.